The number of rotatable bonds is 2. The number of hydrogen-bond donors (Lipinski definition) is 0. The van der Waals surface area contributed by atoms with Gasteiger partial charge in [0.1, 0.15) is 5.82 Å². The smallest absolute Gasteiger partial charge is 0.290 e. The Labute approximate surface area is 123 Å². The minimum atomic E-state index is -0.101. The summed E-state index contributed by atoms with van der Waals surface area (Å²) in [4.78, 5) is 14.4. The van der Waals surface area contributed by atoms with Crippen molar-refractivity contribution in [2.24, 2.45) is 0 Å². The lowest BCUT2D eigenvalue weighted by molar-refractivity contribution is 0.0602. The maximum absolute atomic E-state index is 12.6. The Morgan fingerprint density at radius 2 is 2.14 bits per heavy atom. The lowest BCUT2D eigenvalue weighted by atomic mass is 10.1. The first-order chi connectivity index (χ1) is 10.0. The van der Waals surface area contributed by atoms with Crippen LogP contribution in [0.15, 0.2) is 16.7 Å². The number of carbonyl (C=O) groups excluding carboxylic acids is 1. The molecule has 0 saturated heterocycles. The van der Waals surface area contributed by atoms with E-state index in [9.17, 15) is 4.79 Å². The summed E-state index contributed by atoms with van der Waals surface area (Å²) in [6.07, 6.45) is 1.55. The van der Waals surface area contributed by atoms with E-state index in [0.717, 1.165) is 23.8 Å². The quantitative estimate of drug-likeness (QED) is 0.851. The molecule has 6 heteroatoms. The molecule has 2 aromatic heterocycles. The molecule has 0 radical (unpaired) electrons. The van der Waals surface area contributed by atoms with Gasteiger partial charge in [-0.2, -0.15) is 0 Å². The van der Waals surface area contributed by atoms with Crippen molar-refractivity contribution >= 4 is 5.91 Å². The van der Waals surface area contributed by atoms with Gasteiger partial charge in [-0.25, -0.2) is 0 Å². The van der Waals surface area contributed by atoms with Gasteiger partial charge in [0.25, 0.3) is 5.91 Å². The van der Waals surface area contributed by atoms with Gasteiger partial charge in [0.15, 0.2) is 11.6 Å². The van der Waals surface area contributed by atoms with Gasteiger partial charge in [-0.05, 0) is 19.9 Å². The highest BCUT2D eigenvalue weighted by atomic mass is 16.3. The van der Waals surface area contributed by atoms with Crippen molar-refractivity contribution in [3.8, 4) is 0 Å². The molecule has 0 unspecified atom stereocenters. The monoisotopic (exact) mass is 288 g/mol. The normalized spacial score (nSPS) is 18.1. The van der Waals surface area contributed by atoms with Gasteiger partial charge < -0.3 is 13.9 Å². The van der Waals surface area contributed by atoms with E-state index in [1.807, 2.05) is 13.8 Å². The zero-order valence-corrected chi connectivity index (χ0v) is 12.8. The molecule has 2 aromatic rings. The van der Waals surface area contributed by atoms with Crippen molar-refractivity contribution in [1.82, 2.24) is 19.7 Å². The Morgan fingerprint density at radius 3 is 2.76 bits per heavy atom. The maximum Gasteiger partial charge on any atom is 0.290 e. The average molecular weight is 288 g/mol. The molecule has 6 nitrogen and oxygen atoms in total. The van der Waals surface area contributed by atoms with E-state index in [1.165, 1.54) is 0 Å². The summed E-state index contributed by atoms with van der Waals surface area (Å²) in [7, 11) is 0. The molecule has 1 aliphatic heterocycles. The van der Waals surface area contributed by atoms with Gasteiger partial charge in [-0.1, -0.05) is 13.8 Å². The molecule has 0 N–H and O–H groups in total. The maximum atomic E-state index is 12.6. The van der Waals surface area contributed by atoms with Gasteiger partial charge in [0.2, 0.25) is 0 Å². The largest absolute Gasteiger partial charge is 0.459 e. The van der Waals surface area contributed by atoms with Gasteiger partial charge in [-0.3, -0.25) is 4.79 Å². The summed E-state index contributed by atoms with van der Waals surface area (Å²) in [6, 6.07) is 1.71. The second-order valence-corrected chi connectivity index (χ2v) is 5.83. The van der Waals surface area contributed by atoms with E-state index in [1.54, 1.807) is 17.2 Å². The van der Waals surface area contributed by atoms with Crippen LogP contribution in [0.4, 0.5) is 0 Å². The van der Waals surface area contributed by atoms with Crippen LogP contribution in [0.2, 0.25) is 0 Å². The Kier molecular flexibility index (Phi) is 3.31. The first-order valence-corrected chi connectivity index (χ1v) is 7.28. The Balaban J connectivity index is 1.91. The highest BCUT2D eigenvalue weighted by Gasteiger charge is 2.33. The number of hydrogen-bond acceptors (Lipinski definition) is 4. The molecule has 0 saturated carbocycles. The van der Waals surface area contributed by atoms with Crippen LogP contribution in [0.3, 0.4) is 0 Å². The highest BCUT2D eigenvalue weighted by molar-refractivity contribution is 5.93. The van der Waals surface area contributed by atoms with E-state index >= 15 is 0 Å². The molecule has 0 aliphatic carbocycles. The fraction of sp³-hybridized carbons (Fsp3) is 0.533. The van der Waals surface area contributed by atoms with Crippen LogP contribution in [0, 0.1) is 6.92 Å². The molecule has 112 valence electrons. The van der Waals surface area contributed by atoms with Crippen LogP contribution >= 0.6 is 0 Å². The summed E-state index contributed by atoms with van der Waals surface area (Å²) in [6.45, 7) is 9.44. The zero-order valence-electron chi connectivity index (χ0n) is 12.8. The van der Waals surface area contributed by atoms with Crippen LogP contribution in [-0.4, -0.2) is 32.1 Å². The van der Waals surface area contributed by atoms with Crippen molar-refractivity contribution in [3.63, 3.8) is 0 Å². The fourth-order valence-electron chi connectivity index (χ4n) is 2.83. The molecule has 0 bridgehead atoms. The van der Waals surface area contributed by atoms with Crippen molar-refractivity contribution < 1.29 is 9.21 Å². The number of furan rings is 1. The predicted molar refractivity (Wildman–Crippen MR) is 77.0 cm³/mol. The number of aryl methyl sites for hydroxylation is 1. The third-order valence-electron chi connectivity index (χ3n) is 4.05. The molecular formula is C15H20N4O2. The Hall–Kier alpha value is -2.11. The van der Waals surface area contributed by atoms with Crippen molar-refractivity contribution in [2.45, 2.75) is 46.2 Å². The summed E-state index contributed by atoms with van der Waals surface area (Å²) >= 11 is 0. The molecule has 1 amide bonds. The average Bonchev–Trinajstić information content (AvgIpc) is 3.04. The Bertz CT molecular complexity index is 671. The SMILES string of the molecule is Cc1ccoc1C(=O)N1CCn2c(C(C)C)nnc2[C@H]1C. The van der Waals surface area contributed by atoms with Crippen molar-refractivity contribution in [1.29, 1.82) is 0 Å². The topological polar surface area (TPSA) is 64.2 Å². The van der Waals surface area contributed by atoms with Gasteiger partial charge >= 0.3 is 0 Å². The number of nitrogens with zero attached hydrogens (tertiary/aromatic N) is 4. The lowest BCUT2D eigenvalue weighted by Gasteiger charge is -2.33. The van der Waals surface area contributed by atoms with Gasteiger partial charge in [-0.15, -0.1) is 10.2 Å². The minimum Gasteiger partial charge on any atom is -0.459 e. The molecule has 3 heterocycles. The van der Waals surface area contributed by atoms with E-state index in [4.69, 9.17) is 4.42 Å². The second kappa shape index (κ2) is 5.02. The third kappa shape index (κ3) is 2.14. The van der Waals surface area contributed by atoms with E-state index in [2.05, 4.69) is 28.6 Å². The summed E-state index contributed by atoms with van der Waals surface area (Å²) in [5, 5.41) is 8.56. The van der Waals surface area contributed by atoms with Crippen LogP contribution in [-0.2, 0) is 6.54 Å². The molecule has 0 fully saturated rings. The molecule has 21 heavy (non-hydrogen) atoms. The molecular weight excluding hydrogens is 268 g/mol. The van der Waals surface area contributed by atoms with Crippen LogP contribution in [0.25, 0.3) is 0 Å². The second-order valence-electron chi connectivity index (χ2n) is 5.83. The van der Waals surface area contributed by atoms with E-state index in [-0.39, 0.29) is 11.9 Å². The number of amides is 1. The third-order valence-corrected chi connectivity index (χ3v) is 4.05. The van der Waals surface area contributed by atoms with E-state index in [0.29, 0.717) is 18.2 Å². The molecule has 3 rings (SSSR count). The van der Waals surface area contributed by atoms with Crippen LogP contribution < -0.4 is 0 Å². The van der Waals surface area contributed by atoms with E-state index < -0.39 is 0 Å². The first-order valence-electron chi connectivity index (χ1n) is 7.28. The standard InChI is InChI=1S/C15H20N4O2/c1-9(2)13-16-17-14-11(4)18(6-7-19(13)14)15(20)12-10(3)5-8-21-12/h5,8-9,11H,6-7H2,1-4H3/t11-/m1/s1. The number of fused-ring (bicyclic) bond motifs is 1. The summed E-state index contributed by atoms with van der Waals surface area (Å²) in [5.41, 5.74) is 0.863. The van der Waals surface area contributed by atoms with Crippen LogP contribution in [0.5, 0.6) is 0 Å². The first kappa shape index (κ1) is 13.9. The van der Waals surface area contributed by atoms with Crippen molar-refractivity contribution in [3.05, 3.63) is 35.3 Å². The van der Waals surface area contributed by atoms with Gasteiger partial charge in [0, 0.05) is 24.6 Å². The molecule has 0 spiro atoms. The molecule has 1 aliphatic rings. The van der Waals surface area contributed by atoms with Crippen molar-refractivity contribution in [2.75, 3.05) is 6.54 Å². The highest BCUT2D eigenvalue weighted by Crippen LogP contribution is 2.28. The minimum absolute atomic E-state index is 0.0784. The van der Waals surface area contributed by atoms with Crippen LogP contribution in [0.1, 0.15) is 60.5 Å². The zero-order chi connectivity index (χ0) is 15.1. The lowest BCUT2D eigenvalue weighted by Crippen LogP contribution is -2.41. The summed E-state index contributed by atoms with van der Waals surface area (Å²) in [5.74, 6) is 2.50. The van der Waals surface area contributed by atoms with Gasteiger partial charge in [0.05, 0.1) is 12.3 Å². The summed E-state index contributed by atoms with van der Waals surface area (Å²) < 4.78 is 7.46. The number of aromatic nitrogens is 3. The molecule has 0 aromatic carbocycles. The number of carbonyl (C=O) groups is 1. The fourth-order valence-corrected chi connectivity index (χ4v) is 2.83. The predicted octanol–water partition coefficient (Wildman–Crippen LogP) is 2.52. The molecule has 1 atom stereocenters. The Morgan fingerprint density at radius 1 is 1.38 bits per heavy atom.